The summed E-state index contributed by atoms with van der Waals surface area (Å²) in [6.07, 6.45) is 0.970. The van der Waals surface area contributed by atoms with Crippen LogP contribution >= 0.6 is 0 Å². The Morgan fingerprint density at radius 3 is 2.89 bits per heavy atom. The fraction of sp³-hybridized carbons (Fsp3) is 0.231. The number of aromatic nitrogens is 2. The van der Waals surface area contributed by atoms with E-state index in [-0.39, 0.29) is 5.91 Å². The van der Waals surface area contributed by atoms with E-state index in [0.29, 0.717) is 11.6 Å². The van der Waals surface area contributed by atoms with Crippen molar-refractivity contribution in [2.75, 3.05) is 5.32 Å². The number of amides is 1. The van der Waals surface area contributed by atoms with Gasteiger partial charge in [-0.15, -0.1) is 0 Å². The molecule has 0 aliphatic carbocycles. The summed E-state index contributed by atoms with van der Waals surface area (Å²) in [5.74, 6) is 0.00339. The number of anilines is 1. The molecule has 100 valence electrons. The highest BCUT2D eigenvalue weighted by Gasteiger charge is 2.15. The topological polar surface area (TPSA) is 56.1 Å². The molecule has 1 amide bonds. The van der Waals surface area contributed by atoms with Crippen molar-refractivity contribution in [1.29, 1.82) is 0 Å². The predicted octanol–water partition coefficient (Wildman–Crippen LogP) is 1.97. The highest BCUT2D eigenvalue weighted by molar-refractivity contribution is 5.93. The normalized spacial score (nSPS) is 11.9. The average molecular weight is 263 g/mol. The fourth-order valence-electron chi connectivity index (χ4n) is 1.51. The molecule has 0 bridgehead atoms. The molecule has 1 aromatic heterocycles. The molecule has 0 saturated carbocycles. The molecule has 0 radical (unpaired) electrons. The van der Waals surface area contributed by atoms with E-state index in [1.807, 2.05) is 0 Å². The minimum Gasteiger partial charge on any atom is -0.481 e. The van der Waals surface area contributed by atoms with Gasteiger partial charge in [-0.1, -0.05) is 6.07 Å². The van der Waals surface area contributed by atoms with E-state index in [1.165, 1.54) is 18.2 Å². The zero-order valence-electron chi connectivity index (χ0n) is 10.6. The number of aryl methyl sites for hydroxylation is 1. The molecule has 6 heteroatoms. The average Bonchev–Trinajstić information content (AvgIpc) is 2.74. The number of hydrogen-bond acceptors (Lipinski definition) is 3. The largest absolute Gasteiger partial charge is 0.481 e. The standard InChI is InChI=1S/C13H14FN3O2/c1-9(19-11-5-3-4-10(14)8-11)13(18)15-12-6-7-17(2)16-12/h3-9H,1-2H3,(H,15,16,18). The SMILES string of the molecule is CC(Oc1cccc(F)c1)C(=O)Nc1ccn(C)n1. The van der Waals surface area contributed by atoms with Crippen LogP contribution in [0, 0.1) is 5.82 Å². The van der Waals surface area contributed by atoms with E-state index in [1.54, 1.807) is 37.0 Å². The first-order chi connectivity index (χ1) is 9.04. The van der Waals surface area contributed by atoms with Gasteiger partial charge in [0.2, 0.25) is 0 Å². The lowest BCUT2D eigenvalue weighted by atomic mass is 10.3. The monoisotopic (exact) mass is 263 g/mol. The van der Waals surface area contributed by atoms with Crippen LogP contribution in [0.15, 0.2) is 36.5 Å². The number of nitrogens with one attached hydrogen (secondary N) is 1. The molecule has 19 heavy (non-hydrogen) atoms. The zero-order valence-corrected chi connectivity index (χ0v) is 10.6. The first-order valence-electron chi connectivity index (χ1n) is 5.77. The van der Waals surface area contributed by atoms with Crippen LogP contribution in [0.5, 0.6) is 5.75 Å². The van der Waals surface area contributed by atoms with Gasteiger partial charge in [-0.25, -0.2) is 4.39 Å². The van der Waals surface area contributed by atoms with Crippen LogP contribution < -0.4 is 10.1 Å². The third-order valence-corrected chi connectivity index (χ3v) is 2.44. The molecule has 0 aliphatic heterocycles. The van der Waals surface area contributed by atoms with Crippen molar-refractivity contribution in [3.63, 3.8) is 0 Å². The summed E-state index contributed by atoms with van der Waals surface area (Å²) < 4.78 is 19.9. The van der Waals surface area contributed by atoms with Crippen molar-refractivity contribution in [2.24, 2.45) is 7.05 Å². The quantitative estimate of drug-likeness (QED) is 0.917. The van der Waals surface area contributed by atoms with E-state index in [4.69, 9.17) is 4.74 Å². The smallest absolute Gasteiger partial charge is 0.266 e. The summed E-state index contributed by atoms with van der Waals surface area (Å²) in [6, 6.07) is 7.32. The lowest BCUT2D eigenvalue weighted by Crippen LogP contribution is -2.30. The van der Waals surface area contributed by atoms with Crippen molar-refractivity contribution in [2.45, 2.75) is 13.0 Å². The molecule has 0 fully saturated rings. The third-order valence-electron chi connectivity index (χ3n) is 2.44. The second-order valence-electron chi connectivity index (χ2n) is 4.08. The Morgan fingerprint density at radius 1 is 1.47 bits per heavy atom. The van der Waals surface area contributed by atoms with Crippen LogP contribution in [0.1, 0.15) is 6.92 Å². The summed E-state index contributed by atoms with van der Waals surface area (Å²) in [5.41, 5.74) is 0. The Kier molecular flexibility index (Phi) is 3.79. The van der Waals surface area contributed by atoms with Gasteiger partial charge < -0.3 is 10.1 Å². The molecule has 0 aliphatic rings. The van der Waals surface area contributed by atoms with Gasteiger partial charge in [0.1, 0.15) is 11.6 Å². The number of halogens is 1. The molecule has 2 aromatic rings. The van der Waals surface area contributed by atoms with Gasteiger partial charge in [-0.05, 0) is 19.1 Å². The minimum atomic E-state index is -0.746. The first-order valence-corrected chi connectivity index (χ1v) is 5.77. The number of ether oxygens (including phenoxy) is 1. The van der Waals surface area contributed by atoms with Gasteiger partial charge >= 0.3 is 0 Å². The summed E-state index contributed by atoms with van der Waals surface area (Å²) in [7, 11) is 1.75. The number of carbonyl (C=O) groups excluding carboxylic acids is 1. The van der Waals surface area contributed by atoms with Gasteiger partial charge in [0.25, 0.3) is 5.91 Å². The molecular formula is C13H14FN3O2. The van der Waals surface area contributed by atoms with Crippen LogP contribution in [0.2, 0.25) is 0 Å². The van der Waals surface area contributed by atoms with E-state index < -0.39 is 11.9 Å². The molecule has 1 heterocycles. The molecule has 0 saturated heterocycles. The lowest BCUT2D eigenvalue weighted by molar-refractivity contribution is -0.122. The molecule has 0 spiro atoms. The summed E-state index contributed by atoms with van der Waals surface area (Å²) >= 11 is 0. The van der Waals surface area contributed by atoms with Crippen molar-refractivity contribution in [3.05, 3.63) is 42.3 Å². The molecular weight excluding hydrogens is 249 g/mol. The Hall–Kier alpha value is -2.37. The van der Waals surface area contributed by atoms with Gasteiger partial charge in [0.15, 0.2) is 11.9 Å². The van der Waals surface area contributed by atoms with Gasteiger partial charge in [0.05, 0.1) is 0 Å². The van der Waals surface area contributed by atoms with Gasteiger partial charge in [-0.3, -0.25) is 9.48 Å². The Bertz CT molecular complexity index is 583. The van der Waals surface area contributed by atoms with Crippen molar-refractivity contribution >= 4 is 11.7 Å². The number of benzene rings is 1. The molecule has 1 unspecified atom stereocenters. The number of hydrogen-bond donors (Lipinski definition) is 1. The highest BCUT2D eigenvalue weighted by Crippen LogP contribution is 2.14. The second-order valence-corrected chi connectivity index (χ2v) is 4.08. The van der Waals surface area contributed by atoms with Gasteiger partial charge in [0, 0.05) is 25.4 Å². The summed E-state index contributed by atoms with van der Waals surface area (Å²) in [5, 5.41) is 6.63. The number of rotatable bonds is 4. The van der Waals surface area contributed by atoms with E-state index in [9.17, 15) is 9.18 Å². The Morgan fingerprint density at radius 2 is 2.26 bits per heavy atom. The van der Waals surface area contributed by atoms with Crippen LogP contribution in [0.25, 0.3) is 0 Å². The van der Waals surface area contributed by atoms with Crippen LogP contribution in [-0.2, 0) is 11.8 Å². The predicted molar refractivity (Wildman–Crippen MR) is 68.3 cm³/mol. The molecule has 2 rings (SSSR count). The van der Waals surface area contributed by atoms with E-state index >= 15 is 0 Å². The number of carbonyl (C=O) groups is 1. The van der Waals surface area contributed by atoms with Crippen LogP contribution in [0.4, 0.5) is 10.2 Å². The zero-order chi connectivity index (χ0) is 13.8. The minimum absolute atomic E-state index is 0.309. The van der Waals surface area contributed by atoms with Crippen molar-refractivity contribution in [3.8, 4) is 5.75 Å². The maximum absolute atomic E-state index is 13.0. The number of nitrogens with zero attached hydrogens (tertiary/aromatic N) is 2. The lowest BCUT2D eigenvalue weighted by Gasteiger charge is -2.13. The molecule has 1 atom stereocenters. The maximum Gasteiger partial charge on any atom is 0.266 e. The van der Waals surface area contributed by atoms with Crippen molar-refractivity contribution < 1.29 is 13.9 Å². The Labute approximate surface area is 110 Å². The first kappa shape index (κ1) is 13.1. The second kappa shape index (κ2) is 5.51. The Balaban J connectivity index is 1.96. The van der Waals surface area contributed by atoms with Gasteiger partial charge in [-0.2, -0.15) is 5.10 Å². The maximum atomic E-state index is 13.0. The van der Waals surface area contributed by atoms with Crippen LogP contribution in [0.3, 0.4) is 0 Å². The fourth-order valence-corrected chi connectivity index (χ4v) is 1.51. The summed E-state index contributed by atoms with van der Waals surface area (Å²) in [6.45, 7) is 1.59. The van der Waals surface area contributed by atoms with Crippen molar-refractivity contribution in [1.82, 2.24) is 9.78 Å². The third kappa shape index (κ3) is 3.54. The summed E-state index contributed by atoms with van der Waals surface area (Å²) in [4.78, 5) is 11.8. The molecule has 1 N–H and O–H groups in total. The molecule has 1 aromatic carbocycles. The molecule has 5 nitrogen and oxygen atoms in total. The van der Waals surface area contributed by atoms with E-state index in [0.717, 1.165) is 0 Å². The van der Waals surface area contributed by atoms with E-state index in [2.05, 4.69) is 10.4 Å². The van der Waals surface area contributed by atoms with Crippen LogP contribution in [-0.4, -0.2) is 21.8 Å². The highest BCUT2D eigenvalue weighted by atomic mass is 19.1.